The van der Waals surface area contributed by atoms with Crippen molar-refractivity contribution in [3.8, 4) is 11.5 Å². The molecule has 0 aliphatic carbocycles. The van der Waals surface area contributed by atoms with Gasteiger partial charge < -0.3 is 19.4 Å². The number of phenols is 1. The zero-order valence-electron chi connectivity index (χ0n) is 17.4. The van der Waals surface area contributed by atoms with Crippen LogP contribution in [0.1, 0.15) is 11.1 Å². The van der Waals surface area contributed by atoms with E-state index in [1.165, 1.54) is 21.8 Å². The molecule has 0 amide bonds. The first-order chi connectivity index (χ1) is 15.1. The Morgan fingerprint density at radius 2 is 1.68 bits per heavy atom. The number of aromatic nitrogens is 2. The SMILES string of the molecule is COc1ccc2c(c1)c1ccc(Cc3cc4[nH]c5ccccc5c4cc3O)cc1n2C. The summed E-state index contributed by atoms with van der Waals surface area (Å²) in [4.78, 5) is 3.47. The Kier molecular flexibility index (Phi) is 3.78. The fourth-order valence-corrected chi connectivity index (χ4v) is 4.77. The van der Waals surface area contributed by atoms with Gasteiger partial charge in [-0.15, -0.1) is 0 Å². The molecular weight excluding hydrogens is 384 g/mol. The van der Waals surface area contributed by atoms with Gasteiger partial charge in [0.2, 0.25) is 0 Å². The minimum atomic E-state index is 0.333. The highest BCUT2D eigenvalue weighted by atomic mass is 16.5. The summed E-state index contributed by atoms with van der Waals surface area (Å²) in [5.41, 5.74) is 6.56. The second-order valence-corrected chi connectivity index (χ2v) is 8.17. The predicted molar refractivity (Wildman–Crippen MR) is 127 cm³/mol. The highest BCUT2D eigenvalue weighted by Crippen LogP contribution is 2.34. The van der Waals surface area contributed by atoms with Crippen molar-refractivity contribution < 1.29 is 9.84 Å². The first-order valence-electron chi connectivity index (χ1n) is 10.4. The van der Waals surface area contributed by atoms with Crippen LogP contribution in [0.5, 0.6) is 11.5 Å². The van der Waals surface area contributed by atoms with Crippen molar-refractivity contribution in [2.45, 2.75) is 6.42 Å². The number of benzene rings is 4. The molecule has 4 aromatic carbocycles. The maximum absolute atomic E-state index is 10.8. The van der Waals surface area contributed by atoms with Crippen molar-refractivity contribution >= 4 is 43.6 Å². The van der Waals surface area contributed by atoms with E-state index in [2.05, 4.69) is 65.1 Å². The van der Waals surface area contributed by atoms with Gasteiger partial charge >= 0.3 is 0 Å². The van der Waals surface area contributed by atoms with E-state index >= 15 is 0 Å². The van der Waals surface area contributed by atoms with Crippen molar-refractivity contribution in [3.05, 3.63) is 83.9 Å². The van der Waals surface area contributed by atoms with Crippen LogP contribution < -0.4 is 4.74 Å². The third-order valence-electron chi connectivity index (χ3n) is 6.38. The van der Waals surface area contributed by atoms with Gasteiger partial charge in [-0.25, -0.2) is 0 Å². The van der Waals surface area contributed by atoms with Gasteiger partial charge in [-0.1, -0.05) is 30.3 Å². The van der Waals surface area contributed by atoms with Crippen LogP contribution in [-0.2, 0) is 13.5 Å². The van der Waals surface area contributed by atoms with Gasteiger partial charge in [0.25, 0.3) is 0 Å². The number of fused-ring (bicyclic) bond motifs is 6. The summed E-state index contributed by atoms with van der Waals surface area (Å²) in [6, 6.07) is 24.9. The lowest BCUT2D eigenvalue weighted by atomic mass is 10.0. The predicted octanol–water partition coefficient (Wildman–Crippen LogP) is 6.27. The Hall–Kier alpha value is -3.92. The van der Waals surface area contributed by atoms with Crippen LogP contribution in [-0.4, -0.2) is 21.8 Å². The molecule has 0 aliphatic rings. The van der Waals surface area contributed by atoms with E-state index in [4.69, 9.17) is 4.74 Å². The lowest BCUT2D eigenvalue weighted by Gasteiger charge is -2.07. The largest absolute Gasteiger partial charge is 0.508 e. The molecule has 0 unspecified atom stereocenters. The number of aryl methyl sites for hydroxylation is 1. The monoisotopic (exact) mass is 406 g/mol. The third kappa shape index (κ3) is 2.68. The average molecular weight is 406 g/mol. The van der Waals surface area contributed by atoms with Crippen molar-refractivity contribution in [2.75, 3.05) is 7.11 Å². The zero-order chi connectivity index (χ0) is 21.1. The van der Waals surface area contributed by atoms with Crippen LogP contribution >= 0.6 is 0 Å². The third-order valence-corrected chi connectivity index (χ3v) is 6.38. The number of methoxy groups -OCH3 is 1. The van der Waals surface area contributed by atoms with Crippen LogP contribution in [0.25, 0.3) is 43.6 Å². The van der Waals surface area contributed by atoms with Crippen molar-refractivity contribution in [1.29, 1.82) is 0 Å². The maximum atomic E-state index is 10.8. The molecule has 6 aromatic rings. The van der Waals surface area contributed by atoms with E-state index in [-0.39, 0.29) is 0 Å². The number of nitrogens with one attached hydrogen (secondary N) is 1. The Morgan fingerprint density at radius 1 is 0.806 bits per heavy atom. The summed E-state index contributed by atoms with van der Waals surface area (Å²) >= 11 is 0. The lowest BCUT2D eigenvalue weighted by molar-refractivity contribution is 0.415. The van der Waals surface area contributed by atoms with Gasteiger partial charge in [-0.3, -0.25) is 0 Å². The first-order valence-corrected chi connectivity index (χ1v) is 10.4. The molecule has 0 aliphatic heterocycles. The topological polar surface area (TPSA) is 50.2 Å². The number of para-hydroxylation sites is 1. The Bertz CT molecular complexity index is 1620. The summed E-state index contributed by atoms with van der Waals surface area (Å²) < 4.78 is 7.63. The molecule has 0 bridgehead atoms. The second kappa shape index (κ2) is 6.54. The molecular formula is C27H22N2O2. The van der Waals surface area contributed by atoms with Gasteiger partial charge in [0.1, 0.15) is 11.5 Å². The number of H-pyrrole nitrogens is 1. The zero-order valence-corrected chi connectivity index (χ0v) is 17.4. The van der Waals surface area contributed by atoms with E-state index < -0.39 is 0 Å². The molecule has 4 heteroatoms. The summed E-state index contributed by atoms with van der Waals surface area (Å²) in [7, 11) is 3.79. The first kappa shape index (κ1) is 17.9. The Labute approximate surface area is 179 Å². The molecule has 0 saturated heterocycles. The van der Waals surface area contributed by atoms with E-state index in [0.717, 1.165) is 38.7 Å². The number of aromatic amines is 1. The smallest absolute Gasteiger partial charge is 0.119 e. The summed E-state index contributed by atoms with van der Waals surface area (Å²) in [5, 5.41) is 15.3. The van der Waals surface area contributed by atoms with Gasteiger partial charge in [0, 0.05) is 62.6 Å². The summed E-state index contributed by atoms with van der Waals surface area (Å²) in [6.07, 6.45) is 0.665. The number of nitrogens with zero attached hydrogens (tertiary/aromatic N) is 1. The number of phenolic OH excluding ortho intramolecular Hbond substituents is 1. The van der Waals surface area contributed by atoms with Crippen LogP contribution in [0.2, 0.25) is 0 Å². The standard InChI is InChI=1S/C27H22N2O2/c1-29-25-10-8-18(31-2)14-22(25)20-9-7-16(12-26(20)29)11-17-13-24-21(15-27(17)30)19-5-3-4-6-23(19)28-24/h3-10,12-15,28,30H,11H2,1-2H3. The van der Waals surface area contributed by atoms with Crippen LogP contribution in [0.3, 0.4) is 0 Å². The van der Waals surface area contributed by atoms with Crippen LogP contribution in [0, 0.1) is 0 Å². The summed E-state index contributed by atoms with van der Waals surface area (Å²) in [6.45, 7) is 0. The molecule has 0 fully saturated rings. The van der Waals surface area contributed by atoms with Gasteiger partial charge in [0.15, 0.2) is 0 Å². The molecule has 0 spiro atoms. The van der Waals surface area contributed by atoms with Gasteiger partial charge in [0.05, 0.1) is 7.11 Å². The summed E-state index contributed by atoms with van der Waals surface area (Å²) in [5.74, 6) is 1.19. The number of hydrogen-bond acceptors (Lipinski definition) is 2. The molecule has 0 atom stereocenters. The molecule has 31 heavy (non-hydrogen) atoms. The van der Waals surface area contributed by atoms with Crippen molar-refractivity contribution in [3.63, 3.8) is 0 Å². The Balaban J connectivity index is 1.46. The maximum Gasteiger partial charge on any atom is 0.119 e. The molecule has 2 heterocycles. The molecule has 6 rings (SSSR count). The molecule has 4 nitrogen and oxygen atoms in total. The van der Waals surface area contributed by atoms with Gasteiger partial charge in [-0.05, 0) is 48.0 Å². The van der Waals surface area contributed by atoms with Crippen LogP contribution in [0.15, 0.2) is 72.8 Å². The molecule has 152 valence electrons. The minimum absolute atomic E-state index is 0.333. The number of hydrogen-bond donors (Lipinski definition) is 2. The van der Waals surface area contributed by atoms with Gasteiger partial charge in [-0.2, -0.15) is 0 Å². The lowest BCUT2D eigenvalue weighted by Crippen LogP contribution is -1.92. The van der Waals surface area contributed by atoms with E-state index in [9.17, 15) is 5.11 Å². The van der Waals surface area contributed by atoms with E-state index in [1.807, 2.05) is 24.3 Å². The fraction of sp³-hybridized carbons (Fsp3) is 0.111. The van der Waals surface area contributed by atoms with E-state index in [0.29, 0.717) is 12.2 Å². The molecule has 2 aromatic heterocycles. The highest BCUT2D eigenvalue weighted by molar-refractivity contribution is 6.09. The van der Waals surface area contributed by atoms with Crippen molar-refractivity contribution in [1.82, 2.24) is 9.55 Å². The number of rotatable bonds is 3. The highest BCUT2D eigenvalue weighted by Gasteiger charge is 2.13. The number of aromatic hydroxyl groups is 1. The fourth-order valence-electron chi connectivity index (χ4n) is 4.77. The average Bonchev–Trinajstić information content (AvgIpc) is 3.28. The molecule has 0 radical (unpaired) electrons. The quantitative estimate of drug-likeness (QED) is 0.364. The minimum Gasteiger partial charge on any atom is -0.508 e. The molecule has 2 N–H and O–H groups in total. The second-order valence-electron chi connectivity index (χ2n) is 8.17. The van der Waals surface area contributed by atoms with Crippen molar-refractivity contribution in [2.24, 2.45) is 7.05 Å². The normalized spacial score (nSPS) is 11.8. The Morgan fingerprint density at radius 3 is 2.55 bits per heavy atom. The number of ether oxygens (including phenoxy) is 1. The van der Waals surface area contributed by atoms with Crippen LogP contribution in [0.4, 0.5) is 0 Å². The van der Waals surface area contributed by atoms with E-state index in [1.54, 1.807) is 7.11 Å². The molecule has 0 saturated carbocycles.